The molecule has 2 aliphatic rings. The van der Waals surface area contributed by atoms with Crippen LogP contribution in [0.5, 0.6) is 0 Å². The number of rotatable bonds is 4. The first kappa shape index (κ1) is 29.2. The summed E-state index contributed by atoms with van der Waals surface area (Å²) in [6, 6.07) is 31.2. The molecule has 0 amide bonds. The Bertz CT molecular complexity index is 1710. The summed E-state index contributed by atoms with van der Waals surface area (Å²) in [5.41, 5.74) is 14.5. The van der Waals surface area contributed by atoms with Crippen molar-refractivity contribution in [1.29, 1.82) is 0 Å². The number of aryl methyl sites for hydroxylation is 2. The summed E-state index contributed by atoms with van der Waals surface area (Å²) >= 11 is -2.69. The van der Waals surface area contributed by atoms with E-state index in [1.807, 2.05) is 0 Å². The maximum absolute atomic E-state index is 2.69. The molecule has 0 atom stereocenters. The van der Waals surface area contributed by atoms with E-state index in [-0.39, 0.29) is 10.8 Å². The van der Waals surface area contributed by atoms with Gasteiger partial charge in [0, 0.05) is 0 Å². The van der Waals surface area contributed by atoms with Crippen LogP contribution in [-0.2, 0) is 38.5 Å². The predicted octanol–water partition coefficient (Wildman–Crippen LogP) is 9.83. The minimum atomic E-state index is -2.69. The van der Waals surface area contributed by atoms with Crippen LogP contribution in [0.4, 0.5) is 0 Å². The zero-order chi connectivity index (χ0) is 29.8. The van der Waals surface area contributed by atoms with Gasteiger partial charge >= 0.3 is 263 Å². The Labute approximate surface area is 261 Å². The van der Waals surface area contributed by atoms with E-state index in [0.29, 0.717) is 0 Å². The van der Waals surface area contributed by atoms with Crippen molar-refractivity contribution in [2.75, 3.05) is 0 Å². The van der Waals surface area contributed by atoms with Gasteiger partial charge in [0.15, 0.2) is 0 Å². The van der Waals surface area contributed by atoms with Crippen LogP contribution in [0.25, 0.3) is 11.1 Å². The van der Waals surface area contributed by atoms with E-state index >= 15 is 0 Å². The fourth-order valence-corrected chi connectivity index (χ4v) is 14.4. The van der Waals surface area contributed by atoms with Crippen LogP contribution in [-0.4, -0.2) is 3.21 Å². The van der Waals surface area contributed by atoms with Gasteiger partial charge in [0.05, 0.1) is 0 Å². The minimum absolute atomic E-state index is 0.0681. The van der Waals surface area contributed by atoms with Gasteiger partial charge in [-0.15, -0.1) is 0 Å². The van der Waals surface area contributed by atoms with Crippen molar-refractivity contribution in [3.63, 3.8) is 0 Å². The second-order valence-electron chi connectivity index (χ2n) is 14.4. The molecule has 0 spiro atoms. The molecular weight excluding hydrogens is 584 g/mol. The van der Waals surface area contributed by atoms with Gasteiger partial charge < -0.3 is 0 Å². The molecule has 212 valence electrons. The van der Waals surface area contributed by atoms with Gasteiger partial charge in [-0.25, -0.2) is 0 Å². The number of allylic oxidation sites excluding steroid dienone is 4. The Morgan fingerprint density at radius 2 is 1.21 bits per heavy atom. The van der Waals surface area contributed by atoms with Crippen LogP contribution in [0.15, 0.2) is 100 Å². The zero-order valence-corrected chi connectivity index (χ0v) is 29.1. The second kappa shape index (κ2) is 11.0. The van der Waals surface area contributed by atoms with Gasteiger partial charge in [-0.2, -0.15) is 0 Å². The van der Waals surface area contributed by atoms with Gasteiger partial charge in [0.2, 0.25) is 0 Å². The summed E-state index contributed by atoms with van der Waals surface area (Å²) in [7, 11) is 0. The molecule has 0 saturated carbocycles. The van der Waals surface area contributed by atoms with Gasteiger partial charge in [0.1, 0.15) is 0 Å². The average molecular weight is 628 g/mol. The van der Waals surface area contributed by atoms with Crippen LogP contribution in [0, 0.1) is 13.8 Å². The summed E-state index contributed by atoms with van der Waals surface area (Å²) in [5.74, 6) is 0. The van der Waals surface area contributed by atoms with Gasteiger partial charge in [0.25, 0.3) is 0 Å². The van der Waals surface area contributed by atoms with Crippen molar-refractivity contribution >= 4 is 6.48 Å². The number of benzene rings is 4. The normalized spacial score (nSPS) is 14.0. The molecule has 4 aromatic rings. The SMILES string of the molecule is Cc1ccc([C](c2ccc(C)cc2)=[Zr]([C]2=CC=CC2)[c]2cc(C(C)(C)C)cc3c2Cc2ccc(C(C)(C)C)cc2-3)cc1. The molecule has 0 saturated heterocycles. The first-order valence-electron chi connectivity index (χ1n) is 15.5. The molecule has 0 bridgehead atoms. The summed E-state index contributed by atoms with van der Waals surface area (Å²) < 4.78 is 4.94. The summed E-state index contributed by atoms with van der Waals surface area (Å²) in [6.07, 6.45) is 9.25. The molecule has 0 heterocycles. The van der Waals surface area contributed by atoms with E-state index < -0.39 is 21.3 Å². The third kappa shape index (κ3) is 5.58. The van der Waals surface area contributed by atoms with Gasteiger partial charge in [-0.3, -0.25) is 0 Å². The van der Waals surface area contributed by atoms with E-state index in [1.165, 1.54) is 50.1 Å². The molecule has 6 rings (SSSR count). The monoisotopic (exact) mass is 626 g/mol. The van der Waals surface area contributed by atoms with E-state index in [2.05, 4.69) is 152 Å². The molecule has 0 radical (unpaired) electrons. The van der Waals surface area contributed by atoms with Crippen molar-refractivity contribution in [3.8, 4) is 11.1 Å². The van der Waals surface area contributed by atoms with Crippen LogP contribution in [0.1, 0.15) is 92.5 Å². The van der Waals surface area contributed by atoms with E-state index in [1.54, 1.807) is 15.3 Å². The Morgan fingerprint density at radius 3 is 1.74 bits per heavy atom. The second-order valence-corrected chi connectivity index (χ2v) is 20.4. The fourth-order valence-electron chi connectivity index (χ4n) is 6.39. The predicted molar refractivity (Wildman–Crippen MR) is 179 cm³/mol. The standard InChI is InChI=1S/C21H25.C15H14.C5H5.Zr/c1-20(2,3)16-9-7-14-11-15-8-10-17(21(4,5)6)13-19(15)18(14)12-16;1-12-3-7-14(8-4-12)11-15-9-5-13(2)6-10-15;1-2-4-5-3-1;/h7,9-10,12-13H,11H2,1-6H3;3-10H,1-2H3;1-3H,4H2;. The van der Waals surface area contributed by atoms with Gasteiger partial charge in [-0.05, 0) is 0 Å². The number of hydrogen-bond donors (Lipinski definition) is 0. The molecule has 0 N–H and O–H groups in total. The zero-order valence-electron chi connectivity index (χ0n) is 26.7. The third-order valence-corrected chi connectivity index (χ3v) is 16.6. The number of hydrogen-bond acceptors (Lipinski definition) is 0. The molecule has 1 heteroatoms. The first-order valence-corrected chi connectivity index (χ1v) is 19.1. The van der Waals surface area contributed by atoms with Crippen molar-refractivity contribution in [2.45, 2.75) is 79.1 Å². The van der Waals surface area contributed by atoms with Crippen molar-refractivity contribution < 1.29 is 21.3 Å². The van der Waals surface area contributed by atoms with Crippen LogP contribution in [0.3, 0.4) is 0 Å². The van der Waals surface area contributed by atoms with Crippen molar-refractivity contribution in [3.05, 3.63) is 145 Å². The van der Waals surface area contributed by atoms with E-state index in [0.717, 1.165) is 12.8 Å². The number of fused-ring (bicyclic) bond motifs is 3. The third-order valence-electron chi connectivity index (χ3n) is 9.04. The Kier molecular flexibility index (Phi) is 7.64. The topological polar surface area (TPSA) is 0 Å². The molecular formula is C41H44Zr. The average Bonchev–Trinajstić information content (AvgIpc) is 3.60. The first-order chi connectivity index (χ1) is 19.9. The molecule has 42 heavy (non-hydrogen) atoms. The van der Waals surface area contributed by atoms with Crippen molar-refractivity contribution in [1.82, 2.24) is 0 Å². The molecule has 0 aliphatic heterocycles. The van der Waals surface area contributed by atoms with E-state index in [9.17, 15) is 0 Å². The van der Waals surface area contributed by atoms with Crippen LogP contribution >= 0.6 is 0 Å². The van der Waals surface area contributed by atoms with Gasteiger partial charge in [-0.1, -0.05) is 0 Å². The summed E-state index contributed by atoms with van der Waals surface area (Å²) in [4.78, 5) is 0. The maximum atomic E-state index is 2.64. The molecule has 4 aromatic carbocycles. The molecule has 0 unspecified atom stereocenters. The Hall–Kier alpha value is -2.89. The molecule has 0 aromatic heterocycles. The fraction of sp³-hybridized carbons (Fsp3) is 0.293. The quantitative estimate of drug-likeness (QED) is 0.186. The summed E-state index contributed by atoms with van der Waals surface area (Å²) in [5, 5.41) is 0. The summed E-state index contributed by atoms with van der Waals surface area (Å²) in [6.45, 7) is 18.5. The Balaban J connectivity index is 1.72. The molecule has 0 nitrogen and oxygen atoms in total. The Morgan fingerprint density at radius 1 is 0.643 bits per heavy atom. The van der Waals surface area contributed by atoms with Crippen molar-refractivity contribution in [2.24, 2.45) is 0 Å². The van der Waals surface area contributed by atoms with Crippen LogP contribution < -0.4 is 3.27 Å². The molecule has 0 fully saturated rings. The molecule has 2 aliphatic carbocycles. The van der Waals surface area contributed by atoms with E-state index in [4.69, 9.17) is 0 Å². The van der Waals surface area contributed by atoms with Crippen LogP contribution in [0.2, 0.25) is 0 Å².